The quantitative estimate of drug-likeness (QED) is 0.841. The standard InChI is InChI=1S/C13H9F2IO2/c14-11-4-8(7-17)5-12(15)13(11)18-10-3-1-2-9(16)6-10/h1-6,17H,7H2. The highest BCUT2D eigenvalue weighted by atomic mass is 127. The molecule has 0 radical (unpaired) electrons. The van der Waals surface area contributed by atoms with Crippen LogP contribution in [0.4, 0.5) is 8.78 Å². The Balaban J connectivity index is 2.35. The van der Waals surface area contributed by atoms with E-state index in [4.69, 9.17) is 9.84 Å². The van der Waals surface area contributed by atoms with E-state index < -0.39 is 24.0 Å². The highest BCUT2D eigenvalue weighted by molar-refractivity contribution is 14.1. The van der Waals surface area contributed by atoms with Crippen molar-refractivity contribution in [2.24, 2.45) is 0 Å². The zero-order chi connectivity index (χ0) is 13.1. The third kappa shape index (κ3) is 2.97. The van der Waals surface area contributed by atoms with Crippen LogP contribution in [-0.2, 0) is 6.61 Å². The van der Waals surface area contributed by atoms with E-state index in [-0.39, 0.29) is 5.56 Å². The number of rotatable bonds is 3. The van der Waals surface area contributed by atoms with Crippen molar-refractivity contribution in [3.05, 3.63) is 57.2 Å². The first kappa shape index (κ1) is 13.2. The maximum Gasteiger partial charge on any atom is 0.198 e. The predicted octanol–water partition coefficient (Wildman–Crippen LogP) is 3.85. The smallest absolute Gasteiger partial charge is 0.198 e. The fourth-order valence-corrected chi connectivity index (χ4v) is 1.96. The third-order valence-electron chi connectivity index (χ3n) is 2.26. The van der Waals surface area contributed by atoms with Crippen molar-refractivity contribution in [2.45, 2.75) is 6.61 Å². The van der Waals surface area contributed by atoms with Gasteiger partial charge in [0, 0.05) is 3.57 Å². The van der Waals surface area contributed by atoms with E-state index in [2.05, 4.69) is 22.6 Å². The third-order valence-corrected chi connectivity index (χ3v) is 2.93. The van der Waals surface area contributed by atoms with Crippen LogP contribution < -0.4 is 4.74 Å². The van der Waals surface area contributed by atoms with Gasteiger partial charge in [-0.2, -0.15) is 0 Å². The van der Waals surface area contributed by atoms with Crippen molar-refractivity contribution >= 4 is 22.6 Å². The van der Waals surface area contributed by atoms with Crippen molar-refractivity contribution < 1.29 is 18.6 Å². The Morgan fingerprint density at radius 2 is 1.78 bits per heavy atom. The van der Waals surface area contributed by atoms with Crippen molar-refractivity contribution in [3.63, 3.8) is 0 Å². The Morgan fingerprint density at radius 1 is 1.11 bits per heavy atom. The molecular formula is C13H9F2IO2. The molecule has 0 fully saturated rings. The van der Waals surface area contributed by atoms with Gasteiger partial charge in [-0.15, -0.1) is 0 Å². The molecule has 1 N–H and O–H groups in total. The summed E-state index contributed by atoms with van der Waals surface area (Å²) in [5.74, 6) is -1.78. The van der Waals surface area contributed by atoms with Crippen LogP contribution in [0, 0.1) is 15.2 Å². The molecule has 2 nitrogen and oxygen atoms in total. The summed E-state index contributed by atoms with van der Waals surface area (Å²) in [5, 5.41) is 8.83. The molecule has 18 heavy (non-hydrogen) atoms. The Labute approximate surface area is 116 Å². The molecule has 2 aromatic rings. The van der Waals surface area contributed by atoms with Gasteiger partial charge in [-0.25, -0.2) is 8.78 Å². The molecule has 0 aromatic heterocycles. The second-order valence-electron chi connectivity index (χ2n) is 3.61. The van der Waals surface area contributed by atoms with Gasteiger partial charge in [-0.1, -0.05) is 6.07 Å². The maximum atomic E-state index is 13.6. The highest BCUT2D eigenvalue weighted by Gasteiger charge is 2.13. The van der Waals surface area contributed by atoms with Crippen molar-refractivity contribution in [2.75, 3.05) is 0 Å². The summed E-state index contributed by atoms with van der Waals surface area (Å²) >= 11 is 2.08. The zero-order valence-electron chi connectivity index (χ0n) is 9.16. The lowest BCUT2D eigenvalue weighted by Gasteiger charge is -2.09. The lowest BCUT2D eigenvalue weighted by molar-refractivity contribution is 0.279. The monoisotopic (exact) mass is 362 g/mol. The lowest BCUT2D eigenvalue weighted by atomic mass is 10.2. The summed E-state index contributed by atoms with van der Waals surface area (Å²) in [7, 11) is 0. The van der Waals surface area contributed by atoms with Gasteiger partial charge in [0.15, 0.2) is 17.4 Å². The molecule has 0 aliphatic rings. The van der Waals surface area contributed by atoms with Crippen molar-refractivity contribution in [1.29, 1.82) is 0 Å². The molecule has 2 aromatic carbocycles. The normalized spacial score (nSPS) is 10.4. The second kappa shape index (κ2) is 5.62. The maximum absolute atomic E-state index is 13.6. The van der Waals surface area contributed by atoms with Gasteiger partial charge in [0.25, 0.3) is 0 Å². The molecule has 0 bridgehead atoms. The van der Waals surface area contributed by atoms with Crippen LogP contribution in [0.15, 0.2) is 36.4 Å². The molecule has 2 rings (SSSR count). The van der Waals surface area contributed by atoms with E-state index in [1.54, 1.807) is 18.2 Å². The number of benzene rings is 2. The minimum atomic E-state index is -0.835. The molecule has 0 amide bonds. The Bertz CT molecular complexity index is 550. The number of aliphatic hydroxyl groups is 1. The molecule has 0 saturated heterocycles. The fourth-order valence-electron chi connectivity index (χ4n) is 1.45. The van der Waals surface area contributed by atoms with Crippen LogP contribution in [0.3, 0.4) is 0 Å². The van der Waals surface area contributed by atoms with Gasteiger partial charge in [-0.3, -0.25) is 0 Å². The van der Waals surface area contributed by atoms with Gasteiger partial charge >= 0.3 is 0 Å². The van der Waals surface area contributed by atoms with Gasteiger partial charge < -0.3 is 9.84 Å². The topological polar surface area (TPSA) is 29.5 Å². The van der Waals surface area contributed by atoms with E-state index in [0.29, 0.717) is 5.75 Å². The lowest BCUT2D eigenvalue weighted by Crippen LogP contribution is -1.96. The minimum Gasteiger partial charge on any atom is -0.451 e. The Kier molecular flexibility index (Phi) is 4.13. The Morgan fingerprint density at radius 3 is 2.33 bits per heavy atom. The number of ether oxygens (including phenoxy) is 1. The molecule has 0 saturated carbocycles. The average molecular weight is 362 g/mol. The van der Waals surface area contributed by atoms with Crippen LogP contribution in [0.25, 0.3) is 0 Å². The molecule has 0 atom stereocenters. The van der Waals surface area contributed by atoms with Gasteiger partial charge in [0.05, 0.1) is 6.61 Å². The molecule has 0 heterocycles. The van der Waals surface area contributed by atoms with Crippen molar-refractivity contribution in [1.82, 2.24) is 0 Å². The van der Waals surface area contributed by atoms with E-state index in [0.717, 1.165) is 15.7 Å². The zero-order valence-corrected chi connectivity index (χ0v) is 11.3. The summed E-state index contributed by atoms with van der Waals surface area (Å²) in [6, 6.07) is 8.95. The molecule has 0 aliphatic carbocycles. The first-order valence-electron chi connectivity index (χ1n) is 5.12. The van der Waals surface area contributed by atoms with E-state index in [1.807, 2.05) is 6.07 Å². The molecule has 94 valence electrons. The SMILES string of the molecule is OCc1cc(F)c(Oc2cccc(I)c2)c(F)c1. The summed E-state index contributed by atoms with van der Waals surface area (Å²) in [6.07, 6.45) is 0. The predicted molar refractivity (Wildman–Crippen MR) is 71.5 cm³/mol. The van der Waals surface area contributed by atoms with Crippen LogP contribution in [0.5, 0.6) is 11.5 Å². The van der Waals surface area contributed by atoms with Gasteiger partial charge in [0.1, 0.15) is 5.75 Å². The van der Waals surface area contributed by atoms with Gasteiger partial charge in [0.2, 0.25) is 0 Å². The highest BCUT2D eigenvalue weighted by Crippen LogP contribution is 2.29. The van der Waals surface area contributed by atoms with Crippen LogP contribution in [0.2, 0.25) is 0 Å². The summed E-state index contributed by atoms with van der Waals surface area (Å²) in [5.41, 5.74) is 0.167. The Hall–Kier alpha value is -1.21. The van der Waals surface area contributed by atoms with E-state index in [9.17, 15) is 8.78 Å². The van der Waals surface area contributed by atoms with Crippen LogP contribution >= 0.6 is 22.6 Å². The fraction of sp³-hybridized carbons (Fsp3) is 0.0769. The number of hydrogen-bond acceptors (Lipinski definition) is 2. The number of halogens is 3. The van der Waals surface area contributed by atoms with Gasteiger partial charge in [-0.05, 0) is 58.5 Å². The largest absolute Gasteiger partial charge is 0.451 e. The first-order valence-corrected chi connectivity index (χ1v) is 6.20. The molecule has 0 spiro atoms. The minimum absolute atomic E-state index is 0.167. The number of hydrogen-bond donors (Lipinski definition) is 1. The second-order valence-corrected chi connectivity index (χ2v) is 4.85. The van der Waals surface area contributed by atoms with Crippen LogP contribution in [0.1, 0.15) is 5.56 Å². The molecular weight excluding hydrogens is 353 g/mol. The summed E-state index contributed by atoms with van der Waals surface area (Å²) < 4.78 is 33.3. The average Bonchev–Trinajstić information content (AvgIpc) is 2.33. The number of aliphatic hydroxyl groups excluding tert-OH is 1. The molecule has 5 heteroatoms. The van der Waals surface area contributed by atoms with Crippen molar-refractivity contribution in [3.8, 4) is 11.5 Å². The first-order chi connectivity index (χ1) is 8.60. The summed E-state index contributed by atoms with van der Waals surface area (Å²) in [6.45, 7) is -0.419. The van der Waals surface area contributed by atoms with E-state index in [1.165, 1.54) is 0 Å². The van der Waals surface area contributed by atoms with E-state index >= 15 is 0 Å². The summed E-state index contributed by atoms with van der Waals surface area (Å²) in [4.78, 5) is 0. The molecule has 0 unspecified atom stereocenters. The van der Waals surface area contributed by atoms with Crippen LogP contribution in [-0.4, -0.2) is 5.11 Å². The molecule has 0 aliphatic heterocycles.